The van der Waals surface area contributed by atoms with E-state index in [-0.39, 0.29) is 53.7 Å². The van der Waals surface area contributed by atoms with Gasteiger partial charge < -0.3 is 24.3 Å². The van der Waals surface area contributed by atoms with Gasteiger partial charge in [-0.3, -0.25) is 14.9 Å². The number of hydrogen-bond donors (Lipinski definition) is 1. The molecular formula is C30H33ClN2O8. The number of esters is 1. The van der Waals surface area contributed by atoms with Gasteiger partial charge in [0.1, 0.15) is 11.6 Å². The molecule has 0 amide bonds. The lowest BCUT2D eigenvalue weighted by molar-refractivity contribution is -0.384. The lowest BCUT2D eigenvalue weighted by Gasteiger charge is -2.36. The molecule has 2 aromatic rings. The normalized spacial score (nSPS) is 18.7. The third-order valence-electron chi connectivity index (χ3n) is 7.19. The second-order valence-corrected chi connectivity index (χ2v) is 10.6. The largest absolute Gasteiger partial charge is 0.493 e. The molecule has 1 aliphatic heterocycles. The average molecular weight is 585 g/mol. The zero-order valence-corrected chi connectivity index (χ0v) is 24.4. The number of hydrogen-bond acceptors (Lipinski definition) is 9. The van der Waals surface area contributed by atoms with Crippen molar-refractivity contribution in [2.75, 3.05) is 27.4 Å². The van der Waals surface area contributed by atoms with Crippen molar-refractivity contribution in [3.05, 3.63) is 85.2 Å². The van der Waals surface area contributed by atoms with Crippen molar-refractivity contribution in [2.24, 2.45) is 0 Å². The highest BCUT2D eigenvalue weighted by atomic mass is 35.5. The monoisotopic (exact) mass is 584 g/mol. The number of carbonyl (C=O) groups excluding carboxylic acids is 2. The second-order valence-electron chi connectivity index (χ2n) is 10.2. The van der Waals surface area contributed by atoms with Crippen LogP contribution in [-0.2, 0) is 19.1 Å². The number of Topliss-reactive ketones (excluding diaryl/α,β-unsaturated/α-hetero) is 1. The fraction of sp³-hybridized carbons (Fsp3) is 0.400. The van der Waals surface area contributed by atoms with Gasteiger partial charge in [-0.25, -0.2) is 4.79 Å². The molecule has 0 saturated carbocycles. The molecule has 0 spiro atoms. The van der Waals surface area contributed by atoms with E-state index in [1.165, 1.54) is 12.1 Å². The van der Waals surface area contributed by atoms with Gasteiger partial charge in [-0.15, -0.1) is 0 Å². The van der Waals surface area contributed by atoms with E-state index in [4.69, 9.17) is 30.5 Å². The van der Waals surface area contributed by atoms with Crippen LogP contribution >= 0.6 is 11.6 Å². The van der Waals surface area contributed by atoms with Crippen molar-refractivity contribution >= 4 is 29.0 Å². The molecule has 0 saturated heterocycles. The Morgan fingerprint density at radius 2 is 1.78 bits per heavy atom. The van der Waals surface area contributed by atoms with Crippen LogP contribution in [0.2, 0.25) is 5.02 Å². The third kappa shape index (κ3) is 6.39. The zero-order valence-electron chi connectivity index (χ0n) is 23.6. The van der Waals surface area contributed by atoms with E-state index in [1.54, 1.807) is 33.3 Å². The summed E-state index contributed by atoms with van der Waals surface area (Å²) in [5.41, 5.74) is 2.74. The van der Waals surface area contributed by atoms with E-state index in [0.29, 0.717) is 40.5 Å². The summed E-state index contributed by atoms with van der Waals surface area (Å²) in [4.78, 5) is 38.4. The minimum Gasteiger partial charge on any atom is -0.493 e. The predicted octanol–water partition coefficient (Wildman–Crippen LogP) is 5.60. The van der Waals surface area contributed by atoms with Gasteiger partial charge in [-0.2, -0.15) is 0 Å². The number of nitro benzene ring substituents is 1. The third-order valence-corrected chi connectivity index (χ3v) is 7.51. The number of halogens is 1. The number of rotatable bonds is 10. The first kappa shape index (κ1) is 30.1. The topological polar surface area (TPSA) is 126 Å². The van der Waals surface area contributed by atoms with Crippen molar-refractivity contribution < 1.29 is 33.5 Å². The highest BCUT2D eigenvalue weighted by Crippen LogP contribution is 2.47. The van der Waals surface area contributed by atoms with E-state index in [2.05, 4.69) is 5.32 Å². The summed E-state index contributed by atoms with van der Waals surface area (Å²) in [5.74, 6) is -0.710. The van der Waals surface area contributed by atoms with E-state index in [9.17, 15) is 19.7 Å². The minimum atomic E-state index is -0.875. The van der Waals surface area contributed by atoms with Gasteiger partial charge in [0.05, 0.1) is 37.4 Å². The zero-order chi connectivity index (χ0) is 29.8. The number of carbonyl (C=O) groups is 2. The molecule has 0 bridgehead atoms. The summed E-state index contributed by atoms with van der Waals surface area (Å²) in [7, 11) is 3.11. The molecule has 2 atom stereocenters. The van der Waals surface area contributed by atoms with Gasteiger partial charge in [0, 0.05) is 35.4 Å². The lowest BCUT2D eigenvalue weighted by atomic mass is 9.71. The number of methoxy groups -OCH3 is 2. The van der Waals surface area contributed by atoms with Crippen molar-refractivity contribution in [3.63, 3.8) is 0 Å². The molecule has 218 valence electrons. The van der Waals surface area contributed by atoms with Gasteiger partial charge in [-0.1, -0.05) is 23.7 Å². The van der Waals surface area contributed by atoms with E-state index >= 15 is 0 Å². The van der Waals surface area contributed by atoms with Crippen molar-refractivity contribution in [1.29, 1.82) is 0 Å². The number of nitrogens with one attached hydrogen (secondary N) is 1. The molecule has 41 heavy (non-hydrogen) atoms. The predicted molar refractivity (Wildman–Crippen MR) is 152 cm³/mol. The SMILES string of the molecule is COc1ccc(C2CC(=O)C3=C(C2)NC(C)=C(C(=O)OCCOC(C)C)C3c2ccc(Cl)c([N+](=O)[O-])c2)cc1OC. The van der Waals surface area contributed by atoms with Gasteiger partial charge in [0.25, 0.3) is 5.69 Å². The number of nitro groups is 1. The van der Waals surface area contributed by atoms with Crippen LogP contribution < -0.4 is 14.8 Å². The average Bonchev–Trinajstić information content (AvgIpc) is 2.94. The highest BCUT2D eigenvalue weighted by molar-refractivity contribution is 6.32. The van der Waals surface area contributed by atoms with Crippen LogP contribution in [0.15, 0.2) is 58.9 Å². The Hall–Kier alpha value is -3.89. The fourth-order valence-electron chi connectivity index (χ4n) is 5.33. The van der Waals surface area contributed by atoms with Gasteiger partial charge in [-0.05, 0) is 62.4 Å². The van der Waals surface area contributed by atoms with Crippen LogP contribution in [0.4, 0.5) is 5.69 Å². The first-order valence-corrected chi connectivity index (χ1v) is 13.6. The Bertz CT molecular complexity index is 1430. The van der Waals surface area contributed by atoms with Crippen molar-refractivity contribution in [3.8, 4) is 11.5 Å². The standard InChI is InChI=1S/C30H33ClN2O8/c1-16(2)40-10-11-41-30(35)27-17(3)32-22-12-20(18-7-9-25(38-4)26(15-18)39-5)14-24(34)29(22)28(27)19-6-8-21(31)23(13-19)33(36)37/h6-9,13,15-16,20,28,32H,10-12,14H2,1-5H3. The number of dihydropyridines is 1. The molecule has 0 aromatic heterocycles. The van der Waals surface area contributed by atoms with Crippen LogP contribution in [0.25, 0.3) is 0 Å². The Morgan fingerprint density at radius 3 is 2.44 bits per heavy atom. The van der Waals surface area contributed by atoms with Crippen molar-refractivity contribution in [1.82, 2.24) is 5.32 Å². The van der Waals surface area contributed by atoms with Gasteiger partial charge in [0.15, 0.2) is 17.3 Å². The molecule has 1 aliphatic carbocycles. The van der Waals surface area contributed by atoms with Crippen molar-refractivity contribution in [2.45, 2.75) is 51.6 Å². The minimum absolute atomic E-state index is 0.0164. The molecule has 2 aliphatic rings. The number of allylic oxidation sites excluding steroid dienone is 3. The fourth-order valence-corrected chi connectivity index (χ4v) is 5.52. The quantitative estimate of drug-likeness (QED) is 0.164. The number of nitrogens with zero attached hydrogens (tertiary/aromatic N) is 1. The number of ketones is 1. The summed E-state index contributed by atoms with van der Waals surface area (Å²) in [5, 5.41) is 14.9. The van der Waals surface area contributed by atoms with Crippen LogP contribution in [-0.4, -0.2) is 50.2 Å². The molecule has 4 rings (SSSR count). The Labute approximate surface area is 243 Å². The molecule has 1 heterocycles. The number of benzene rings is 2. The Balaban J connectivity index is 1.75. The molecule has 10 nitrogen and oxygen atoms in total. The first-order valence-electron chi connectivity index (χ1n) is 13.2. The molecule has 11 heteroatoms. The highest BCUT2D eigenvalue weighted by Gasteiger charge is 2.42. The molecule has 0 fully saturated rings. The Kier molecular flexibility index (Phi) is 9.35. The van der Waals surface area contributed by atoms with E-state index in [1.807, 2.05) is 26.0 Å². The summed E-state index contributed by atoms with van der Waals surface area (Å²) in [6.45, 7) is 5.71. The number of ether oxygens (including phenoxy) is 4. The van der Waals surface area contributed by atoms with Crippen LogP contribution in [0.3, 0.4) is 0 Å². The maximum Gasteiger partial charge on any atom is 0.336 e. The van der Waals surface area contributed by atoms with E-state index in [0.717, 1.165) is 5.56 Å². The lowest BCUT2D eigenvalue weighted by Crippen LogP contribution is -2.36. The second kappa shape index (κ2) is 12.7. The summed E-state index contributed by atoms with van der Waals surface area (Å²) >= 11 is 6.10. The Morgan fingerprint density at radius 1 is 1.07 bits per heavy atom. The molecular weight excluding hydrogens is 552 g/mol. The summed E-state index contributed by atoms with van der Waals surface area (Å²) in [6, 6.07) is 9.89. The summed E-state index contributed by atoms with van der Waals surface area (Å²) < 4.78 is 21.8. The molecule has 2 unspecified atom stereocenters. The molecule has 0 radical (unpaired) electrons. The molecule has 2 aromatic carbocycles. The van der Waals surface area contributed by atoms with Crippen LogP contribution in [0, 0.1) is 10.1 Å². The smallest absolute Gasteiger partial charge is 0.336 e. The molecule has 1 N–H and O–H groups in total. The van der Waals surface area contributed by atoms with Crippen LogP contribution in [0.1, 0.15) is 56.6 Å². The first-order chi connectivity index (χ1) is 19.5. The van der Waals surface area contributed by atoms with E-state index < -0.39 is 16.8 Å². The van der Waals surface area contributed by atoms with Gasteiger partial charge >= 0.3 is 5.97 Å². The van der Waals surface area contributed by atoms with Gasteiger partial charge in [0.2, 0.25) is 0 Å². The maximum atomic E-state index is 13.9. The summed E-state index contributed by atoms with van der Waals surface area (Å²) in [6.07, 6.45) is 0.621. The van der Waals surface area contributed by atoms with Crippen LogP contribution in [0.5, 0.6) is 11.5 Å². The maximum absolute atomic E-state index is 13.9.